The van der Waals surface area contributed by atoms with E-state index in [4.69, 9.17) is 5.73 Å². The highest BCUT2D eigenvalue weighted by molar-refractivity contribution is 6.24. The number of aromatic hydroxyl groups is 1. The van der Waals surface area contributed by atoms with Crippen molar-refractivity contribution in [1.29, 1.82) is 0 Å². The minimum Gasteiger partial charge on any atom is -0.508 e. The number of hydrogen-bond acceptors (Lipinski definition) is 9. The molecule has 11 heteroatoms. The number of phenols is 1. The molecule has 3 aliphatic rings. The summed E-state index contributed by atoms with van der Waals surface area (Å²) in [4.78, 5) is 44.1. The van der Waals surface area contributed by atoms with Crippen molar-refractivity contribution in [3.63, 3.8) is 0 Å². The highest BCUT2D eigenvalue weighted by Gasteiger charge is 2.64. The zero-order valence-corrected chi connectivity index (χ0v) is 19.9. The number of aliphatic hydroxyl groups is 3. The van der Waals surface area contributed by atoms with Crippen LogP contribution in [-0.2, 0) is 20.8 Å². The molecule has 0 aliphatic heterocycles. The van der Waals surface area contributed by atoms with Crippen molar-refractivity contribution in [3.8, 4) is 16.9 Å². The first-order valence-electron chi connectivity index (χ1n) is 11.5. The van der Waals surface area contributed by atoms with Crippen LogP contribution >= 0.6 is 0 Å². The van der Waals surface area contributed by atoms with Crippen molar-refractivity contribution in [1.82, 2.24) is 9.88 Å². The second kappa shape index (κ2) is 8.22. The van der Waals surface area contributed by atoms with Crippen LogP contribution in [0.1, 0.15) is 17.5 Å². The van der Waals surface area contributed by atoms with Crippen LogP contribution in [0, 0.1) is 17.8 Å². The monoisotopic (exact) mass is 509 g/mol. The summed E-state index contributed by atoms with van der Waals surface area (Å²) in [5.74, 6) is -7.82. The van der Waals surface area contributed by atoms with Crippen LogP contribution in [0.5, 0.6) is 5.75 Å². The summed E-state index contributed by atoms with van der Waals surface area (Å²) in [7, 11) is 3.07. The number of carbonyl (C=O) groups excluding carboxylic acids is 3. The fraction of sp³-hybridized carbons (Fsp3) is 0.308. The van der Waals surface area contributed by atoms with Crippen molar-refractivity contribution in [2.45, 2.75) is 24.5 Å². The van der Waals surface area contributed by atoms with Gasteiger partial charge in [0.15, 0.2) is 11.4 Å². The molecule has 2 aromatic rings. The van der Waals surface area contributed by atoms with Crippen LogP contribution < -0.4 is 5.73 Å². The van der Waals surface area contributed by atoms with Gasteiger partial charge in [0.05, 0.1) is 11.6 Å². The van der Waals surface area contributed by atoms with Crippen LogP contribution in [-0.4, -0.2) is 73.5 Å². The normalized spacial score (nSPS) is 27.2. The van der Waals surface area contributed by atoms with Gasteiger partial charge in [0.2, 0.25) is 11.7 Å². The first kappa shape index (κ1) is 24.6. The van der Waals surface area contributed by atoms with Crippen LogP contribution in [0.2, 0.25) is 0 Å². The molecule has 0 radical (unpaired) electrons. The van der Waals surface area contributed by atoms with E-state index < -0.39 is 64.0 Å². The Morgan fingerprint density at radius 1 is 1.16 bits per heavy atom. The molecule has 5 rings (SSSR count). The van der Waals surface area contributed by atoms with E-state index in [1.54, 1.807) is 6.07 Å². The summed E-state index contributed by atoms with van der Waals surface area (Å²) in [6.07, 6.45) is 1.40. The molecule has 192 valence electrons. The molecule has 3 aliphatic carbocycles. The van der Waals surface area contributed by atoms with Gasteiger partial charge in [0, 0.05) is 23.3 Å². The molecule has 10 nitrogen and oxygen atoms in total. The number of nitrogens with zero attached hydrogens (tertiary/aromatic N) is 2. The second-order valence-corrected chi connectivity index (χ2v) is 9.82. The van der Waals surface area contributed by atoms with E-state index in [1.165, 1.54) is 43.4 Å². The molecular weight excluding hydrogens is 485 g/mol. The van der Waals surface area contributed by atoms with E-state index in [2.05, 4.69) is 4.98 Å². The summed E-state index contributed by atoms with van der Waals surface area (Å²) in [5.41, 5.74) is 3.00. The van der Waals surface area contributed by atoms with E-state index in [-0.39, 0.29) is 29.7 Å². The lowest BCUT2D eigenvalue weighted by Crippen LogP contribution is -2.65. The summed E-state index contributed by atoms with van der Waals surface area (Å²) in [6.45, 7) is 0. The Kier molecular flexibility index (Phi) is 5.46. The van der Waals surface area contributed by atoms with Gasteiger partial charge in [-0.15, -0.1) is 0 Å². The number of carbonyl (C=O) groups is 3. The molecule has 37 heavy (non-hydrogen) atoms. The highest BCUT2D eigenvalue weighted by atomic mass is 19.1. The molecule has 1 aromatic carbocycles. The molecule has 0 bridgehead atoms. The maximum Gasteiger partial charge on any atom is 0.255 e. The number of hydrogen-bond donors (Lipinski definition) is 5. The number of primary amides is 1. The van der Waals surface area contributed by atoms with E-state index >= 15 is 0 Å². The van der Waals surface area contributed by atoms with Crippen molar-refractivity contribution >= 4 is 23.2 Å². The molecule has 1 fully saturated rings. The van der Waals surface area contributed by atoms with Gasteiger partial charge in [-0.05, 0) is 62.2 Å². The third-order valence-corrected chi connectivity index (χ3v) is 7.64. The molecule has 0 saturated heterocycles. The Morgan fingerprint density at radius 2 is 1.86 bits per heavy atom. The first-order valence-corrected chi connectivity index (χ1v) is 11.5. The smallest absolute Gasteiger partial charge is 0.255 e. The average Bonchev–Trinajstić information content (AvgIpc) is 2.82. The van der Waals surface area contributed by atoms with E-state index in [0.29, 0.717) is 16.7 Å². The van der Waals surface area contributed by atoms with Gasteiger partial charge in [-0.2, -0.15) is 4.39 Å². The fourth-order valence-corrected chi connectivity index (χ4v) is 6.05. The summed E-state index contributed by atoms with van der Waals surface area (Å²) in [5, 5.41) is 44.4. The number of amides is 1. The Balaban J connectivity index is 1.74. The Hall–Kier alpha value is -4.09. The second-order valence-electron chi connectivity index (χ2n) is 9.82. The van der Waals surface area contributed by atoms with Gasteiger partial charge in [0.25, 0.3) is 5.91 Å². The Bertz CT molecular complexity index is 1450. The summed E-state index contributed by atoms with van der Waals surface area (Å²) >= 11 is 0. The number of nitrogens with two attached hydrogens (primary N) is 1. The first-order chi connectivity index (χ1) is 17.4. The fourth-order valence-electron chi connectivity index (χ4n) is 6.05. The lowest BCUT2D eigenvalue weighted by atomic mass is 9.57. The van der Waals surface area contributed by atoms with Crippen LogP contribution in [0.15, 0.2) is 47.4 Å². The summed E-state index contributed by atoms with van der Waals surface area (Å²) in [6, 6.07) is 4.39. The Morgan fingerprint density at radius 3 is 2.46 bits per heavy atom. The maximum absolute atomic E-state index is 13.8. The van der Waals surface area contributed by atoms with Crippen LogP contribution in [0.25, 0.3) is 16.9 Å². The van der Waals surface area contributed by atoms with Gasteiger partial charge in [-0.25, -0.2) is 4.98 Å². The Labute approximate surface area is 210 Å². The van der Waals surface area contributed by atoms with Crippen molar-refractivity contribution < 1.29 is 39.2 Å². The quantitative estimate of drug-likeness (QED) is 0.300. The molecule has 1 heterocycles. The average molecular weight is 509 g/mol. The van der Waals surface area contributed by atoms with Gasteiger partial charge in [0.1, 0.15) is 22.8 Å². The van der Waals surface area contributed by atoms with Gasteiger partial charge < -0.3 is 26.2 Å². The topological polar surface area (TPSA) is 174 Å². The predicted octanol–water partition coefficient (Wildman–Crippen LogP) is 1.17. The number of rotatable bonds is 3. The zero-order valence-electron chi connectivity index (χ0n) is 19.9. The zero-order chi connectivity index (χ0) is 27.0. The SMILES string of the molecule is CN(C)C1C(=O)C(C(N)=O)=C(O)[C@@]2(O)C(=O)C3=C(O)c4c(O)ccc(-c5ccc(F)nc5)c4C[C@H]3C[C@@H]12. The third-order valence-electron chi connectivity index (χ3n) is 7.64. The molecule has 4 atom stereocenters. The van der Waals surface area contributed by atoms with Gasteiger partial charge >= 0.3 is 0 Å². The largest absolute Gasteiger partial charge is 0.508 e. The van der Waals surface area contributed by atoms with Crippen LogP contribution in [0.4, 0.5) is 4.39 Å². The minimum absolute atomic E-state index is 0.0253. The molecule has 1 aromatic heterocycles. The number of phenolic OH excluding ortho intramolecular Hbond substituents is 1. The standard InChI is InChI=1S/C26H24FN3O7/c1-30(2)20-14-8-11-7-13-12(10-3-6-16(27)29-9-10)4-5-15(31)18(13)21(32)17(11)23(34)26(14,37)24(35)19(22(20)33)25(28)36/h3-6,9,11,14,20,31-32,35,37H,7-8H2,1-2H3,(H2,28,36)/t11-,14-,20?,26-/m0/s1. The molecule has 1 unspecified atom stereocenters. The number of ketones is 2. The molecule has 0 spiro atoms. The van der Waals surface area contributed by atoms with Gasteiger partial charge in [-0.3, -0.25) is 19.3 Å². The predicted molar refractivity (Wildman–Crippen MR) is 127 cm³/mol. The maximum atomic E-state index is 13.8. The van der Waals surface area contributed by atoms with Crippen molar-refractivity contribution in [2.75, 3.05) is 14.1 Å². The van der Waals surface area contributed by atoms with Crippen molar-refractivity contribution in [2.24, 2.45) is 17.6 Å². The van der Waals surface area contributed by atoms with E-state index in [0.717, 1.165) is 0 Å². The third kappa shape index (κ3) is 3.31. The summed E-state index contributed by atoms with van der Waals surface area (Å²) < 4.78 is 13.4. The lowest BCUT2D eigenvalue weighted by molar-refractivity contribution is -0.153. The lowest BCUT2D eigenvalue weighted by Gasteiger charge is -2.50. The number of aromatic nitrogens is 1. The molecule has 1 saturated carbocycles. The van der Waals surface area contributed by atoms with E-state index in [1.807, 2.05) is 0 Å². The molecule has 1 amide bonds. The van der Waals surface area contributed by atoms with E-state index in [9.17, 15) is 39.2 Å². The molecule has 6 N–H and O–H groups in total. The molecular formula is C26H24FN3O7. The number of benzene rings is 1. The minimum atomic E-state index is -2.70. The highest BCUT2D eigenvalue weighted by Crippen LogP contribution is 2.53. The number of fused-ring (bicyclic) bond motifs is 3. The van der Waals surface area contributed by atoms with Gasteiger partial charge in [-0.1, -0.05) is 6.07 Å². The number of Topliss-reactive ketones (excluding diaryl/α,β-unsaturated/α-hetero) is 2. The number of aliphatic hydroxyl groups excluding tert-OH is 2. The number of likely N-dealkylation sites (N-methyl/N-ethyl adjacent to an activating group) is 1. The van der Waals surface area contributed by atoms with Crippen LogP contribution in [0.3, 0.4) is 0 Å². The number of halogens is 1. The van der Waals surface area contributed by atoms with Crippen molar-refractivity contribution in [3.05, 3.63) is 64.4 Å². The number of pyridine rings is 1.